The number of fused-ring (bicyclic) bond motifs is 1. The highest BCUT2D eigenvalue weighted by atomic mass is 32.1. The molecule has 2 heterocycles. The molecule has 3 rings (SSSR count). The topological polar surface area (TPSA) is 37.8 Å². The zero-order valence-corrected chi connectivity index (χ0v) is 13.9. The Labute approximate surface area is 128 Å². The van der Waals surface area contributed by atoms with Crippen molar-refractivity contribution in [2.75, 3.05) is 6.54 Å². The second-order valence-corrected chi connectivity index (χ2v) is 8.00. The van der Waals surface area contributed by atoms with Crippen LogP contribution in [0, 0.1) is 5.41 Å². The molecule has 2 aromatic rings. The summed E-state index contributed by atoms with van der Waals surface area (Å²) in [7, 11) is 0. The number of hydrogen-bond donors (Lipinski definition) is 1. The summed E-state index contributed by atoms with van der Waals surface area (Å²) in [6, 6.07) is 0.457. The molecule has 5 heteroatoms. The molecule has 20 heavy (non-hydrogen) atoms. The highest BCUT2D eigenvalue weighted by molar-refractivity contribution is 7.15. The summed E-state index contributed by atoms with van der Waals surface area (Å²) in [5.41, 5.74) is 4.52. The van der Waals surface area contributed by atoms with E-state index in [0.29, 0.717) is 11.5 Å². The average molecular weight is 307 g/mol. The van der Waals surface area contributed by atoms with Crippen molar-refractivity contribution in [2.45, 2.75) is 46.1 Å². The number of rotatable bonds is 4. The van der Waals surface area contributed by atoms with E-state index in [0.717, 1.165) is 23.7 Å². The van der Waals surface area contributed by atoms with Crippen LogP contribution in [0.5, 0.6) is 0 Å². The fourth-order valence-corrected chi connectivity index (χ4v) is 4.58. The molecular weight excluding hydrogens is 286 g/mol. The SMILES string of the molecule is CCCNC1CC(C)(C)Cc2nc(-c3cscn3)sc21. The van der Waals surface area contributed by atoms with Crippen molar-refractivity contribution >= 4 is 22.7 Å². The molecular formula is C15H21N3S2. The van der Waals surface area contributed by atoms with Crippen LogP contribution in [0.4, 0.5) is 0 Å². The van der Waals surface area contributed by atoms with Crippen LogP contribution in [0.15, 0.2) is 10.9 Å². The Hall–Kier alpha value is -0.780. The first kappa shape index (κ1) is 14.2. The van der Waals surface area contributed by atoms with Crippen LogP contribution in [0.2, 0.25) is 0 Å². The van der Waals surface area contributed by atoms with Crippen LogP contribution in [-0.2, 0) is 6.42 Å². The fourth-order valence-electron chi connectivity index (χ4n) is 2.84. The van der Waals surface area contributed by atoms with Crippen molar-refractivity contribution in [3.8, 4) is 10.7 Å². The lowest BCUT2D eigenvalue weighted by molar-refractivity contribution is 0.258. The van der Waals surface area contributed by atoms with Crippen LogP contribution in [0.1, 0.15) is 50.2 Å². The predicted molar refractivity (Wildman–Crippen MR) is 86.4 cm³/mol. The van der Waals surface area contributed by atoms with Gasteiger partial charge >= 0.3 is 0 Å². The van der Waals surface area contributed by atoms with Gasteiger partial charge in [0, 0.05) is 16.3 Å². The van der Waals surface area contributed by atoms with E-state index in [4.69, 9.17) is 4.98 Å². The van der Waals surface area contributed by atoms with Gasteiger partial charge in [-0.3, -0.25) is 0 Å². The minimum absolute atomic E-state index is 0.325. The van der Waals surface area contributed by atoms with E-state index in [1.807, 2.05) is 16.8 Å². The van der Waals surface area contributed by atoms with Crippen LogP contribution in [-0.4, -0.2) is 16.5 Å². The summed E-state index contributed by atoms with van der Waals surface area (Å²) in [5.74, 6) is 0. The monoisotopic (exact) mass is 307 g/mol. The van der Waals surface area contributed by atoms with Gasteiger partial charge in [-0.1, -0.05) is 20.8 Å². The highest BCUT2D eigenvalue weighted by Crippen LogP contribution is 2.44. The summed E-state index contributed by atoms with van der Waals surface area (Å²) in [5, 5.41) is 6.86. The van der Waals surface area contributed by atoms with Gasteiger partial charge in [-0.05, 0) is 31.2 Å². The number of thiazole rings is 2. The van der Waals surface area contributed by atoms with E-state index in [2.05, 4.69) is 36.5 Å². The van der Waals surface area contributed by atoms with Crippen molar-refractivity contribution in [1.29, 1.82) is 0 Å². The van der Waals surface area contributed by atoms with Gasteiger partial charge in [-0.25, -0.2) is 9.97 Å². The van der Waals surface area contributed by atoms with Crippen molar-refractivity contribution in [1.82, 2.24) is 15.3 Å². The van der Waals surface area contributed by atoms with E-state index in [-0.39, 0.29) is 0 Å². The van der Waals surface area contributed by atoms with Crippen LogP contribution < -0.4 is 5.32 Å². The number of aromatic nitrogens is 2. The maximum atomic E-state index is 4.87. The molecule has 3 nitrogen and oxygen atoms in total. The molecule has 0 saturated heterocycles. The number of nitrogens with zero attached hydrogens (tertiary/aromatic N) is 2. The normalized spacial score (nSPS) is 20.9. The van der Waals surface area contributed by atoms with Gasteiger partial charge in [0.2, 0.25) is 0 Å². The Morgan fingerprint density at radius 3 is 3.00 bits per heavy atom. The Kier molecular flexibility index (Phi) is 3.93. The molecule has 1 unspecified atom stereocenters. The molecule has 1 atom stereocenters. The van der Waals surface area contributed by atoms with Gasteiger partial charge in [0.05, 0.1) is 11.2 Å². The summed E-state index contributed by atoms with van der Waals surface area (Å²) in [6.45, 7) is 7.98. The lowest BCUT2D eigenvalue weighted by atomic mass is 9.76. The minimum atomic E-state index is 0.325. The zero-order chi connectivity index (χ0) is 14.2. The highest BCUT2D eigenvalue weighted by Gasteiger charge is 2.34. The van der Waals surface area contributed by atoms with Crippen LogP contribution in [0.3, 0.4) is 0 Å². The van der Waals surface area contributed by atoms with E-state index >= 15 is 0 Å². The van der Waals surface area contributed by atoms with Crippen molar-refractivity contribution in [3.63, 3.8) is 0 Å². The molecule has 108 valence electrons. The second kappa shape index (κ2) is 5.54. The molecule has 0 radical (unpaired) electrons. The summed E-state index contributed by atoms with van der Waals surface area (Å²) in [4.78, 5) is 10.7. The van der Waals surface area contributed by atoms with Gasteiger partial charge in [0.25, 0.3) is 0 Å². The Morgan fingerprint density at radius 2 is 2.30 bits per heavy atom. The largest absolute Gasteiger partial charge is 0.309 e. The zero-order valence-electron chi connectivity index (χ0n) is 12.3. The van der Waals surface area contributed by atoms with E-state index in [1.54, 1.807) is 11.3 Å². The summed E-state index contributed by atoms with van der Waals surface area (Å²) in [6.07, 6.45) is 3.44. The quantitative estimate of drug-likeness (QED) is 0.916. The third-order valence-electron chi connectivity index (χ3n) is 3.74. The maximum absolute atomic E-state index is 4.87. The molecule has 0 bridgehead atoms. The van der Waals surface area contributed by atoms with Gasteiger partial charge in [-0.15, -0.1) is 22.7 Å². The van der Waals surface area contributed by atoms with Gasteiger partial charge < -0.3 is 5.32 Å². The molecule has 0 aromatic carbocycles. The molecule has 0 aliphatic heterocycles. The van der Waals surface area contributed by atoms with E-state index in [9.17, 15) is 0 Å². The average Bonchev–Trinajstić information content (AvgIpc) is 3.02. The molecule has 2 aromatic heterocycles. The predicted octanol–water partition coefficient (Wildman–Crippen LogP) is 4.28. The number of nitrogens with one attached hydrogen (secondary N) is 1. The third kappa shape index (κ3) is 2.80. The first-order valence-corrected chi connectivity index (χ1v) is 8.96. The smallest absolute Gasteiger partial charge is 0.143 e. The molecule has 1 aliphatic carbocycles. The first-order valence-electron chi connectivity index (χ1n) is 7.20. The minimum Gasteiger partial charge on any atom is -0.309 e. The Morgan fingerprint density at radius 1 is 1.45 bits per heavy atom. The van der Waals surface area contributed by atoms with Crippen LogP contribution in [0.25, 0.3) is 10.7 Å². The van der Waals surface area contributed by atoms with E-state index < -0.39 is 0 Å². The summed E-state index contributed by atoms with van der Waals surface area (Å²) >= 11 is 3.46. The summed E-state index contributed by atoms with van der Waals surface area (Å²) < 4.78 is 0. The first-order chi connectivity index (χ1) is 9.59. The Balaban J connectivity index is 1.94. The molecule has 1 aliphatic rings. The molecule has 0 amide bonds. The fraction of sp³-hybridized carbons (Fsp3) is 0.600. The maximum Gasteiger partial charge on any atom is 0.143 e. The van der Waals surface area contributed by atoms with Gasteiger partial charge in [0.15, 0.2) is 0 Å². The van der Waals surface area contributed by atoms with Crippen LogP contribution >= 0.6 is 22.7 Å². The van der Waals surface area contributed by atoms with Crippen molar-refractivity contribution in [2.24, 2.45) is 5.41 Å². The standard InChI is InChI=1S/C15H21N3S2/c1-4-5-16-10-6-15(2,3)7-11-13(10)20-14(18-11)12-8-19-9-17-12/h8-10,16H,4-7H2,1-3H3. The van der Waals surface area contributed by atoms with Gasteiger partial charge in [0.1, 0.15) is 10.7 Å². The molecule has 0 saturated carbocycles. The van der Waals surface area contributed by atoms with Gasteiger partial charge in [-0.2, -0.15) is 0 Å². The second-order valence-electron chi connectivity index (χ2n) is 6.26. The van der Waals surface area contributed by atoms with E-state index in [1.165, 1.54) is 23.4 Å². The van der Waals surface area contributed by atoms with Crippen molar-refractivity contribution < 1.29 is 0 Å². The van der Waals surface area contributed by atoms with Crippen molar-refractivity contribution in [3.05, 3.63) is 21.5 Å². The molecule has 1 N–H and O–H groups in total. The Bertz CT molecular complexity index is 572. The lowest BCUT2D eigenvalue weighted by Gasteiger charge is -2.34. The third-order valence-corrected chi connectivity index (χ3v) is 5.56. The number of hydrogen-bond acceptors (Lipinski definition) is 5. The lowest BCUT2D eigenvalue weighted by Crippen LogP contribution is -2.33. The molecule has 0 spiro atoms. The molecule has 0 fully saturated rings.